The van der Waals surface area contributed by atoms with Gasteiger partial charge in [-0.25, -0.2) is 4.98 Å². The van der Waals surface area contributed by atoms with Crippen molar-refractivity contribution in [3.63, 3.8) is 0 Å². The van der Waals surface area contributed by atoms with E-state index in [9.17, 15) is 4.79 Å². The van der Waals surface area contributed by atoms with Crippen LogP contribution in [0.5, 0.6) is 0 Å². The fourth-order valence-electron chi connectivity index (χ4n) is 2.06. The van der Waals surface area contributed by atoms with Crippen molar-refractivity contribution in [2.45, 2.75) is 10.4 Å². The van der Waals surface area contributed by atoms with Gasteiger partial charge in [-0.2, -0.15) is 0 Å². The second-order valence-electron chi connectivity index (χ2n) is 4.78. The van der Waals surface area contributed by atoms with Gasteiger partial charge in [0.05, 0.1) is 0 Å². The average Bonchev–Trinajstić information content (AvgIpc) is 3.02. The third-order valence-electron chi connectivity index (χ3n) is 3.17. The fourth-order valence-corrected chi connectivity index (χ4v) is 3.05. The summed E-state index contributed by atoms with van der Waals surface area (Å²) in [5, 5.41) is 7.59. The number of aromatic nitrogens is 3. The van der Waals surface area contributed by atoms with E-state index in [-0.39, 0.29) is 0 Å². The van der Waals surface area contributed by atoms with Gasteiger partial charge in [0.2, 0.25) is 11.1 Å². The Hall–Kier alpha value is -2.31. The minimum absolute atomic E-state index is 0.431. The van der Waals surface area contributed by atoms with E-state index in [4.69, 9.17) is 17.3 Å². The van der Waals surface area contributed by atoms with E-state index < -0.39 is 11.2 Å². The summed E-state index contributed by atoms with van der Waals surface area (Å²) in [4.78, 5) is 16.1. The number of rotatable bonds is 5. The second kappa shape index (κ2) is 6.85. The molecule has 5 nitrogen and oxygen atoms in total. The molecule has 0 saturated carbocycles. The van der Waals surface area contributed by atoms with E-state index in [0.29, 0.717) is 16.0 Å². The van der Waals surface area contributed by atoms with E-state index in [1.807, 2.05) is 42.5 Å². The highest BCUT2D eigenvalue weighted by Crippen LogP contribution is 2.33. The van der Waals surface area contributed by atoms with Crippen LogP contribution in [0.4, 0.5) is 0 Å². The Kier molecular flexibility index (Phi) is 4.64. The summed E-state index contributed by atoms with van der Waals surface area (Å²) in [6.07, 6.45) is 0. The zero-order chi connectivity index (χ0) is 16.2. The number of hydrogen-bond acceptors (Lipinski definition) is 4. The van der Waals surface area contributed by atoms with Crippen molar-refractivity contribution in [1.29, 1.82) is 0 Å². The highest BCUT2D eigenvalue weighted by molar-refractivity contribution is 8.00. The van der Waals surface area contributed by atoms with Gasteiger partial charge in [-0.1, -0.05) is 53.7 Å². The highest BCUT2D eigenvalue weighted by atomic mass is 35.5. The molecule has 3 aromatic rings. The molecule has 3 rings (SSSR count). The van der Waals surface area contributed by atoms with E-state index >= 15 is 0 Å². The summed E-state index contributed by atoms with van der Waals surface area (Å²) >= 11 is 7.09. The van der Waals surface area contributed by atoms with Gasteiger partial charge in [-0.05, 0) is 29.8 Å². The maximum absolute atomic E-state index is 11.7. The van der Waals surface area contributed by atoms with Crippen LogP contribution in [0.15, 0.2) is 59.8 Å². The maximum atomic E-state index is 11.7. The molecule has 0 bridgehead atoms. The summed E-state index contributed by atoms with van der Waals surface area (Å²) in [5.74, 6) is 0.180. The summed E-state index contributed by atoms with van der Waals surface area (Å²) in [6, 6.07) is 16.6. The Balaban J connectivity index is 1.82. The van der Waals surface area contributed by atoms with Gasteiger partial charge in [0.1, 0.15) is 5.25 Å². The number of hydrogen-bond donors (Lipinski definition) is 2. The minimum Gasteiger partial charge on any atom is -0.368 e. The molecule has 0 aliphatic heterocycles. The maximum Gasteiger partial charge on any atom is 0.235 e. The topological polar surface area (TPSA) is 84.7 Å². The van der Waals surface area contributed by atoms with Crippen molar-refractivity contribution in [2.75, 3.05) is 0 Å². The normalized spacial score (nSPS) is 12.0. The van der Waals surface area contributed by atoms with Crippen LogP contribution in [0.2, 0.25) is 5.02 Å². The molecular weight excluding hydrogens is 332 g/mol. The van der Waals surface area contributed by atoms with Crippen molar-refractivity contribution >= 4 is 29.3 Å². The fraction of sp³-hybridized carbons (Fsp3) is 0.0625. The van der Waals surface area contributed by atoms with Gasteiger partial charge in [0.15, 0.2) is 5.82 Å². The predicted octanol–water partition coefficient (Wildman–Crippen LogP) is 3.44. The third kappa shape index (κ3) is 3.72. The first-order chi connectivity index (χ1) is 11.1. The SMILES string of the molecule is NC(=O)C(Sc1n[nH]c(-c2ccc(Cl)cc2)n1)c1ccccc1. The highest BCUT2D eigenvalue weighted by Gasteiger charge is 2.21. The molecule has 7 heteroatoms. The smallest absolute Gasteiger partial charge is 0.235 e. The summed E-state index contributed by atoms with van der Waals surface area (Å²) < 4.78 is 0. The second-order valence-corrected chi connectivity index (χ2v) is 6.29. The van der Waals surface area contributed by atoms with Crippen molar-refractivity contribution in [2.24, 2.45) is 5.73 Å². The number of nitrogens with zero attached hydrogens (tertiary/aromatic N) is 2. The third-order valence-corrected chi connectivity index (χ3v) is 4.55. The van der Waals surface area contributed by atoms with E-state index in [1.165, 1.54) is 11.8 Å². The lowest BCUT2D eigenvalue weighted by molar-refractivity contribution is -0.117. The number of amides is 1. The minimum atomic E-state index is -0.537. The van der Waals surface area contributed by atoms with Crippen LogP contribution in [0.3, 0.4) is 0 Å². The molecule has 3 N–H and O–H groups in total. The predicted molar refractivity (Wildman–Crippen MR) is 91.1 cm³/mol. The number of thioether (sulfide) groups is 1. The van der Waals surface area contributed by atoms with Crippen molar-refractivity contribution < 1.29 is 4.79 Å². The van der Waals surface area contributed by atoms with E-state index in [2.05, 4.69) is 15.2 Å². The van der Waals surface area contributed by atoms with E-state index in [1.54, 1.807) is 12.1 Å². The van der Waals surface area contributed by atoms with E-state index in [0.717, 1.165) is 11.1 Å². The lowest BCUT2D eigenvalue weighted by atomic mass is 10.1. The molecule has 116 valence electrons. The van der Waals surface area contributed by atoms with Crippen LogP contribution in [0.1, 0.15) is 10.8 Å². The largest absolute Gasteiger partial charge is 0.368 e. The molecule has 1 heterocycles. The molecule has 0 aliphatic carbocycles. The standard InChI is InChI=1S/C16H13ClN4OS/c17-12-8-6-11(7-9-12)15-19-16(21-20-15)23-13(14(18)22)10-4-2-1-3-5-10/h1-9,13H,(H2,18,22)(H,19,20,21). The quantitative estimate of drug-likeness (QED) is 0.694. The summed E-state index contributed by atoms with van der Waals surface area (Å²) in [7, 11) is 0. The molecule has 0 spiro atoms. The van der Waals surface area contributed by atoms with Gasteiger partial charge in [-0.3, -0.25) is 9.89 Å². The van der Waals surface area contributed by atoms with Gasteiger partial charge < -0.3 is 5.73 Å². The summed E-state index contributed by atoms with van der Waals surface area (Å²) in [6.45, 7) is 0. The number of carbonyl (C=O) groups excluding carboxylic acids is 1. The molecule has 0 fully saturated rings. The Bertz CT molecular complexity index is 804. The zero-order valence-electron chi connectivity index (χ0n) is 11.9. The number of halogens is 1. The van der Waals surface area contributed by atoms with Crippen LogP contribution >= 0.6 is 23.4 Å². The number of primary amides is 1. The first-order valence-electron chi connectivity index (χ1n) is 6.83. The Labute approximate surface area is 142 Å². The van der Waals surface area contributed by atoms with Crippen molar-refractivity contribution in [3.05, 3.63) is 65.2 Å². The number of carbonyl (C=O) groups is 1. The molecular formula is C16H13ClN4OS. The molecule has 1 amide bonds. The van der Waals surface area contributed by atoms with Crippen LogP contribution in [0, 0.1) is 0 Å². The first kappa shape index (κ1) is 15.6. The number of H-pyrrole nitrogens is 1. The Morgan fingerprint density at radius 1 is 1.13 bits per heavy atom. The van der Waals surface area contributed by atoms with Crippen LogP contribution in [-0.2, 0) is 4.79 Å². The van der Waals surface area contributed by atoms with Gasteiger partial charge >= 0.3 is 0 Å². The van der Waals surface area contributed by atoms with Crippen LogP contribution in [-0.4, -0.2) is 21.1 Å². The van der Waals surface area contributed by atoms with Gasteiger partial charge in [0, 0.05) is 10.6 Å². The van der Waals surface area contributed by atoms with Crippen molar-refractivity contribution in [1.82, 2.24) is 15.2 Å². The first-order valence-corrected chi connectivity index (χ1v) is 8.08. The Morgan fingerprint density at radius 3 is 2.48 bits per heavy atom. The molecule has 0 radical (unpaired) electrons. The lowest BCUT2D eigenvalue weighted by Crippen LogP contribution is -2.19. The van der Waals surface area contributed by atoms with Crippen molar-refractivity contribution in [3.8, 4) is 11.4 Å². The molecule has 1 atom stereocenters. The van der Waals surface area contributed by atoms with Gasteiger partial charge in [0.25, 0.3) is 0 Å². The van der Waals surface area contributed by atoms with Crippen LogP contribution < -0.4 is 5.73 Å². The number of nitrogens with two attached hydrogens (primary N) is 1. The number of aromatic amines is 1. The summed E-state index contributed by atoms with van der Waals surface area (Å²) in [5.41, 5.74) is 7.20. The monoisotopic (exact) mass is 344 g/mol. The Morgan fingerprint density at radius 2 is 1.83 bits per heavy atom. The molecule has 0 saturated heterocycles. The van der Waals surface area contributed by atoms with Crippen LogP contribution in [0.25, 0.3) is 11.4 Å². The number of benzene rings is 2. The zero-order valence-corrected chi connectivity index (χ0v) is 13.5. The molecule has 2 aromatic carbocycles. The molecule has 1 aromatic heterocycles. The van der Waals surface area contributed by atoms with Gasteiger partial charge in [-0.15, -0.1) is 5.10 Å². The molecule has 23 heavy (non-hydrogen) atoms. The molecule has 0 aliphatic rings. The lowest BCUT2D eigenvalue weighted by Gasteiger charge is -2.10. The molecule has 1 unspecified atom stereocenters. The number of nitrogens with one attached hydrogen (secondary N) is 1. The average molecular weight is 345 g/mol.